The number of hydrogen-bond acceptors (Lipinski definition) is 7. The van der Waals surface area contributed by atoms with Gasteiger partial charge in [-0.3, -0.25) is 4.79 Å². The number of urea groups is 1. The molecule has 12 heteroatoms. The predicted octanol–water partition coefficient (Wildman–Crippen LogP) is 5.95. The van der Waals surface area contributed by atoms with E-state index in [2.05, 4.69) is 31.4 Å². The summed E-state index contributed by atoms with van der Waals surface area (Å²) in [4.78, 5) is 29.3. The highest BCUT2D eigenvalue weighted by Crippen LogP contribution is 2.47. The zero-order chi connectivity index (χ0) is 33.7. The molecule has 1 unspecified atom stereocenters. The van der Waals surface area contributed by atoms with Gasteiger partial charge in [-0.15, -0.1) is 4.36 Å². The van der Waals surface area contributed by atoms with E-state index in [9.17, 15) is 13.8 Å². The largest absolute Gasteiger partial charge is 0.490 e. The number of carbonyl (C=O) groups is 2. The van der Waals surface area contributed by atoms with Crippen LogP contribution in [-0.2, 0) is 36.0 Å². The Balaban J connectivity index is 1.35. The van der Waals surface area contributed by atoms with Gasteiger partial charge in [0.1, 0.15) is 11.4 Å². The van der Waals surface area contributed by atoms with Crippen molar-refractivity contribution in [2.24, 2.45) is 16.2 Å². The van der Waals surface area contributed by atoms with Crippen molar-refractivity contribution in [2.75, 3.05) is 38.3 Å². The van der Waals surface area contributed by atoms with Crippen molar-refractivity contribution >= 4 is 39.1 Å². The molecule has 2 aromatic carbocycles. The van der Waals surface area contributed by atoms with Crippen LogP contribution in [0.3, 0.4) is 0 Å². The minimum Gasteiger partial charge on any atom is -0.490 e. The third-order valence-electron chi connectivity index (χ3n) is 10.7. The Morgan fingerprint density at radius 2 is 1.98 bits per heavy atom. The molecule has 1 spiro atoms. The van der Waals surface area contributed by atoms with E-state index in [-0.39, 0.29) is 29.1 Å². The van der Waals surface area contributed by atoms with Crippen molar-refractivity contribution in [1.29, 1.82) is 0 Å². The number of hydrogen-bond donors (Lipinski definition) is 2. The highest BCUT2D eigenvalue weighted by Gasteiger charge is 2.45. The molecule has 0 saturated heterocycles. The van der Waals surface area contributed by atoms with E-state index < -0.39 is 27.5 Å². The molecule has 2 aromatic rings. The van der Waals surface area contributed by atoms with Crippen molar-refractivity contribution < 1.29 is 28.0 Å². The first-order valence-electron chi connectivity index (χ1n) is 17.0. The maximum atomic E-state index is 14.8. The quantitative estimate of drug-likeness (QED) is 0.381. The Hall–Kier alpha value is -3.12. The Labute approximate surface area is 288 Å². The van der Waals surface area contributed by atoms with Crippen LogP contribution in [0.25, 0.3) is 0 Å². The summed E-state index contributed by atoms with van der Waals surface area (Å²) in [5, 5.41) is 3.56. The molecule has 2 bridgehead atoms. The second-order valence-electron chi connectivity index (χ2n) is 14.5. The minimum absolute atomic E-state index is 0.0215. The van der Waals surface area contributed by atoms with Crippen LogP contribution in [0.4, 0.5) is 10.5 Å². The van der Waals surface area contributed by atoms with Gasteiger partial charge in [-0.2, -0.15) is 0 Å². The molecule has 3 amide bonds. The minimum atomic E-state index is -3.78. The molecule has 48 heavy (non-hydrogen) atoms. The predicted molar refractivity (Wildman–Crippen MR) is 185 cm³/mol. The summed E-state index contributed by atoms with van der Waals surface area (Å²) >= 11 is 6.45. The summed E-state index contributed by atoms with van der Waals surface area (Å²) in [6.07, 6.45) is 10.5. The van der Waals surface area contributed by atoms with E-state index in [1.54, 1.807) is 39.2 Å². The number of ether oxygens (including phenoxy) is 3. The lowest BCUT2D eigenvalue weighted by Crippen LogP contribution is -2.49. The third kappa shape index (κ3) is 6.58. The number of amides is 3. The summed E-state index contributed by atoms with van der Waals surface area (Å²) in [6, 6.07) is 10.8. The first kappa shape index (κ1) is 33.4. The normalized spacial score (nSPS) is 31.3. The maximum absolute atomic E-state index is 14.8. The number of anilines is 1. The Morgan fingerprint density at radius 3 is 2.73 bits per heavy atom. The van der Waals surface area contributed by atoms with Gasteiger partial charge < -0.3 is 24.4 Å². The van der Waals surface area contributed by atoms with Gasteiger partial charge in [0, 0.05) is 36.7 Å². The molecule has 0 aromatic heterocycles. The molecule has 5 atom stereocenters. The number of fused-ring (bicyclic) bond motifs is 4. The molecule has 7 rings (SSSR count). The Kier molecular flexibility index (Phi) is 9.02. The number of nitrogens with zero attached hydrogens (tertiary/aromatic N) is 2. The number of carbonyl (C=O) groups excluding carboxylic acids is 2. The average molecular weight is 697 g/mol. The molecule has 10 nitrogen and oxygen atoms in total. The van der Waals surface area contributed by atoms with E-state index in [0.717, 1.165) is 62.2 Å². The maximum Gasteiger partial charge on any atom is 0.327 e. The molecule has 2 heterocycles. The third-order valence-corrected chi connectivity index (χ3v) is 12.7. The summed E-state index contributed by atoms with van der Waals surface area (Å²) in [6.45, 7) is 5.24. The summed E-state index contributed by atoms with van der Waals surface area (Å²) in [5.74, 6) is 0.561. The van der Waals surface area contributed by atoms with Gasteiger partial charge in [0.2, 0.25) is 0 Å². The Bertz CT molecular complexity index is 1750. The molecule has 2 aliphatic heterocycles. The zero-order valence-corrected chi connectivity index (χ0v) is 29.4. The lowest BCUT2D eigenvalue weighted by atomic mass is 9.68. The van der Waals surface area contributed by atoms with Gasteiger partial charge in [0.05, 0.1) is 29.9 Å². The van der Waals surface area contributed by atoms with Gasteiger partial charge >= 0.3 is 6.03 Å². The highest BCUT2D eigenvalue weighted by molar-refractivity contribution is 7.92. The molecule has 3 aliphatic carbocycles. The van der Waals surface area contributed by atoms with Gasteiger partial charge in [-0.25, -0.2) is 13.7 Å². The van der Waals surface area contributed by atoms with Crippen molar-refractivity contribution in [3.05, 3.63) is 64.7 Å². The molecule has 2 saturated carbocycles. The molecule has 0 radical (unpaired) electrons. The van der Waals surface area contributed by atoms with E-state index >= 15 is 0 Å². The SMILES string of the molecule is CO[C@H]1C=CCOC(C)(C)C(=O)N=S(=O)(NC(=O)NC2CC2)c2ccc3c(c2)N(C[C@@H]2CC[C@H]21)C[C@@]1(CCCc2cc(Cl)ccc21)CO3. The van der Waals surface area contributed by atoms with E-state index in [1.165, 1.54) is 11.1 Å². The fourth-order valence-corrected chi connectivity index (χ4v) is 9.39. The Morgan fingerprint density at radius 1 is 1.15 bits per heavy atom. The average Bonchev–Trinajstić information content (AvgIpc) is 3.87. The van der Waals surface area contributed by atoms with Crippen molar-refractivity contribution in [1.82, 2.24) is 10.0 Å². The van der Waals surface area contributed by atoms with E-state index in [1.807, 2.05) is 18.2 Å². The number of methoxy groups -OCH3 is 1. The lowest BCUT2D eigenvalue weighted by Gasteiger charge is -2.46. The van der Waals surface area contributed by atoms with Gasteiger partial charge in [0.15, 0.2) is 9.92 Å². The number of rotatable bonds is 3. The summed E-state index contributed by atoms with van der Waals surface area (Å²) in [5.41, 5.74) is 1.59. The van der Waals surface area contributed by atoms with Crippen LogP contribution in [0.1, 0.15) is 63.5 Å². The summed E-state index contributed by atoms with van der Waals surface area (Å²) < 4.78 is 40.2. The molecule has 258 valence electrons. The van der Waals surface area contributed by atoms with Crippen LogP contribution in [0.2, 0.25) is 5.02 Å². The van der Waals surface area contributed by atoms with Crippen molar-refractivity contribution in [3.8, 4) is 5.75 Å². The van der Waals surface area contributed by atoms with Gasteiger partial charge in [-0.1, -0.05) is 29.8 Å². The van der Waals surface area contributed by atoms with E-state index in [4.69, 9.17) is 25.8 Å². The zero-order valence-electron chi connectivity index (χ0n) is 27.8. The first-order chi connectivity index (χ1) is 23.0. The number of aryl methyl sites for hydroxylation is 1. The molecule has 2 N–H and O–H groups in total. The number of halogens is 1. The summed E-state index contributed by atoms with van der Waals surface area (Å²) in [7, 11) is -2.04. The van der Waals surface area contributed by atoms with Crippen molar-refractivity contribution in [3.63, 3.8) is 0 Å². The smallest absolute Gasteiger partial charge is 0.327 e. The van der Waals surface area contributed by atoms with Crippen LogP contribution in [0.5, 0.6) is 5.75 Å². The topological polar surface area (TPSA) is 119 Å². The second-order valence-corrected chi connectivity index (χ2v) is 16.8. The fourth-order valence-electron chi connectivity index (χ4n) is 7.64. The monoisotopic (exact) mass is 696 g/mol. The standard InChI is InChI=1S/C36H45ClN4O6S/c1-35(2)33(42)39-48(44,40-34(43)38-26-10-11-26)27-12-15-32-30(19-27)41(20-24-8-13-28(24)31(45-3)7-5-17-47-35)21-36(22-46-32)16-4-6-23-18-25(37)9-14-29(23)36/h5,7,9,12,14-15,18-19,24,26,28,31H,4,6,8,10-11,13,16-17,20-22H2,1-3H3,(H2,38,39,40,42,43,44)/t24-,28+,31-,36-,48?/m0/s1. The van der Waals surface area contributed by atoms with Gasteiger partial charge in [0.25, 0.3) is 5.91 Å². The van der Waals surface area contributed by atoms with Crippen LogP contribution in [-0.4, -0.2) is 67.3 Å². The number of benzene rings is 2. The van der Waals surface area contributed by atoms with Crippen LogP contribution >= 0.6 is 11.6 Å². The molecule has 2 fully saturated rings. The van der Waals surface area contributed by atoms with Crippen LogP contribution < -0.4 is 19.7 Å². The fraction of sp³-hybridized carbons (Fsp3) is 0.556. The highest BCUT2D eigenvalue weighted by atomic mass is 35.5. The van der Waals surface area contributed by atoms with Gasteiger partial charge in [-0.05, 0) is 112 Å². The second kappa shape index (κ2) is 13.0. The van der Waals surface area contributed by atoms with Crippen molar-refractivity contribution in [2.45, 2.75) is 86.9 Å². The first-order valence-corrected chi connectivity index (χ1v) is 18.9. The number of nitrogens with one attached hydrogen (secondary N) is 2. The van der Waals surface area contributed by atoms with Crippen LogP contribution in [0, 0.1) is 11.8 Å². The molecular weight excluding hydrogens is 652 g/mol. The molecular formula is C36H45ClN4O6S. The van der Waals surface area contributed by atoms with E-state index in [0.29, 0.717) is 30.7 Å². The van der Waals surface area contributed by atoms with Crippen LogP contribution in [0.15, 0.2) is 57.8 Å². The lowest BCUT2D eigenvalue weighted by molar-refractivity contribution is -0.137. The molecule has 5 aliphatic rings.